The maximum Gasteiger partial charge on any atom is 0.247 e. The van der Waals surface area contributed by atoms with Crippen LogP contribution in [0.25, 0.3) is 11.5 Å². The van der Waals surface area contributed by atoms with E-state index in [0.717, 1.165) is 55.8 Å². The molecule has 1 atom stereocenters. The fourth-order valence-electron chi connectivity index (χ4n) is 3.67. The fourth-order valence-corrected chi connectivity index (χ4v) is 4.45. The van der Waals surface area contributed by atoms with Crippen LogP contribution in [-0.2, 0) is 21.8 Å². The maximum atomic E-state index is 5.87. The van der Waals surface area contributed by atoms with Gasteiger partial charge in [-0.3, -0.25) is 4.57 Å². The molecule has 2 fully saturated rings. The van der Waals surface area contributed by atoms with Crippen molar-refractivity contribution in [1.29, 1.82) is 0 Å². The van der Waals surface area contributed by atoms with Gasteiger partial charge in [0, 0.05) is 25.3 Å². The molecule has 2 saturated heterocycles. The highest BCUT2D eigenvalue weighted by Crippen LogP contribution is 2.28. The molecule has 0 N–H and O–H groups in total. The number of thioether (sulfide) groups is 1. The average molecular weight is 429 g/mol. The van der Waals surface area contributed by atoms with Crippen molar-refractivity contribution in [2.75, 3.05) is 37.8 Å². The standard InChI is InChI=1S/C20H24N6O3S/c1-2-5-15(6-3-1)18-22-21-17(29-18)14-30-20-24-23-19(25-8-11-27-12-9-25)26(20)13-16-7-4-10-28-16/h1-3,5-6,16H,4,7-14H2. The molecule has 0 saturated carbocycles. The van der Waals surface area contributed by atoms with Gasteiger partial charge in [-0.15, -0.1) is 20.4 Å². The lowest BCUT2D eigenvalue weighted by molar-refractivity contribution is 0.0942. The second-order valence-corrected chi connectivity index (χ2v) is 8.23. The van der Waals surface area contributed by atoms with Crippen LogP contribution < -0.4 is 4.90 Å². The molecule has 2 aromatic heterocycles. The Hall–Kier alpha value is -2.43. The van der Waals surface area contributed by atoms with Crippen LogP contribution >= 0.6 is 11.8 Å². The number of rotatable bonds is 7. The molecule has 9 nitrogen and oxygen atoms in total. The molecular formula is C20H24N6O3S. The Labute approximate surface area is 178 Å². The zero-order chi connectivity index (χ0) is 20.2. The molecule has 0 aliphatic carbocycles. The highest BCUT2D eigenvalue weighted by Gasteiger charge is 2.25. The summed E-state index contributed by atoms with van der Waals surface area (Å²) in [6, 6.07) is 9.78. The monoisotopic (exact) mass is 428 g/mol. The molecule has 0 radical (unpaired) electrons. The summed E-state index contributed by atoms with van der Waals surface area (Å²) in [5.41, 5.74) is 0.914. The van der Waals surface area contributed by atoms with Gasteiger partial charge in [0.15, 0.2) is 5.16 Å². The topological polar surface area (TPSA) is 91.3 Å². The van der Waals surface area contributed by atoms with Gasteiger partial charge in [0.2, 0.25) is 17.7 Å². The first-order chi connectivity index (χ1) is 14.9. The Morgan fingerprint density at radius 2 is 1.87 bits per heavy atom. The first kappa shape index (κ1) is 19.5. The first-order valence-corrected chi connectivity index (χ1v) is 11.2. The van der Waals surface area contributed by atoms with Gasteiger partial charge in [-0.25, -0.2) is 0 Å². The van der Waals surface area contributed by atoms with E-state index >= 15 is 0 Å². The number of nitrogens with zero attached hydrogens (tertiary/aromatic N) is 6. The minimum absolute atomic E-state index is 0.202. The molecule has 2 aliphatic rings. The second-order valence-electron chi connectivity index (χ2n) is 7.28. The summed E-state index contributed by atoms with van der Waals surface area (Å²) >= 11 is 1.56. The SMILES string of the molecule is c1ccc(-c2nnc(CSc3nnc(N4CCOCC4)n3CC3CCCO3)o2)cc1. The molecule has 4 heterocycles. The minimum Gasteiger partial charge on any atom is -0.420 e. The molecule has 5 rings (SSSR count). The van der Waals surface area contributed by atoms with E-state index < -0.39 is 0 Å². The smallest absolute Gasteiger partial charge is 0.247 e. The zero-order valence-electron chi connectivity index (χ0n) is 16.6. The van der Waals surface area contributed by atoms with Crippen LogP contribution in [0.15, 0.2) is 39.9 Å². The molecule has 0 spiro atoms. The third-order valence-corrected chi connectivity index (χ3v) is 6.17. The quantitative estimate of drug-likeness (QED) is 0.527. The second kappa shape index (κ2) is 9.15. The van der Waals surface area contributed by atoms with Gasteiger partial charge in [-0.05, 0) is 25.0 Å². The van der Waals surface area contributed by atoms with Gasteiger partial charge >= 0.3 is 0 Å². The molecule has 1 aromatic carbocycles. The number of hydrogen-bond acceptors (Lipinski definition) is 9. The summed E-state index contributed by atoms with van der Waals surface area (Å²) in [5.74, 6) is 2.51. The normalized spacial score (nSPS) is 19.5. The third-order valence-electron chi connectivity index (χ3n) is 5.21. The van der Waals surface area contributed by atoms with Gasteiger partial charge in [0.25, 0.3) is 0 Å². The molecule has 3 aromatic rings. The van der Waals surface area contributed by atoms with Crippen molar-refractivity contribution < 1.29 is 13.9 Å². The Balaban J connectivity index is 1.32. The van der Waals surface area contributed by atoms with Gasteiger partial charge < -0.3 is 18.8 Å². The summed E-state index contributed by atoms with van der Waals surface area (Å²) in [6.45, 7) is 4.63. The van der Waals surface area contributed by atoms with Crippen molar-refractivity contribution in [2.24, 2.45) is 0 Å². The van der Waals surface area contributed by atoms with Gasteiger partial charge in [-0.1, -0.05) is 30.0 Å². The van der Waals surface area contributed by atoms with Crippen molar-refractivity contribution in [3.63, 3.8) is 0 Å². The minimum atomic E-state index is 0.202. The predicted octanol–water partition coefficient (Wildman–Crippen LogP) is 2.64. The van der Waals surface area contributed by atoms with E-state index in [4.69, 9.17) is 13.9 Å². The van der Waals surface area contributed by atoms with Crippen molar-refractivity contribution in [1.82, 2.24) is 25.0 Å². The Kier molecular flexibility index (Phi) is 5.96. The van der Waals surface area contributed by atoms with E-state index in [1.165, 1.54) is 0 Å². The fraction of sp³-hybridized carbons (Fsp3) is 0.500. The molecule has 0 amide bonds. The van der Waals surface area contributed by atoms with Crippen LogP contribution in [0.1, 0.15) is 18.7 Å². The van der Waals surface area contributed by atoms with E-state index in [9.17, 15) is 0 Å². The lowest BCUT2D eigenvalue weighted by atomic mass is 10.2. The van der Waals surface area contributed by atoms with E-state index in [1.807, 2.05) is 30.3 Å². The Bertz CT molecular complexity index is 951. The van der Waals surface area contributed by atoms with Crippen LogP contribution in [-0.4, -0.2) is 64.0 Å². The molecular weight excluding hydrogens is 404 g/mol. The average Bonchev–Trinajstić information content (AvgIpc) is 3.56. The van der Waals surface area contributed by atoms with Crippen LogP contribution in [0.3, 0.4) is 0 Å². The van der Waals surface area contributed by atoms with E-state index in [1.54, 1.807) is 11.8 Å². The maximum absolute atomic E-state index is 5.87. The molecule has 0 bridgehead atoms. The lowest BCUT2D eigenvalue weighted by Gasteiger charge is -2.28. The predicted molar refractivity (Wildman–Crippen MR) is 111 cm³/mol. The van der Waals surface area contributed by atoms with Gasteiger partial charge in [0.1, 0.15) is 0 Å². The third kappa shape index (κ3) is 4.35. The van der Waals surface area contributed by atoms with Crippen LogP contribution in [0.4, 0.5) is 5.95 Å². The number of hydrogen-bond donors (Lipinski definition) is 0. The largest absolute Gasteiger partial charge is 0.420 e. The molecule has 30 heavy (non-hydrogen) atoms. The van der Waals surface area contributed by atoms with Crippen LogP contribution in [0, 0.1) is 0 Å². The highest BCUT2D eigenvalue weighted by molar-refractivity contribution is 7.98. The summed E-state index contributed by atoms with van der Waals surface area (Å²) in [7, 11) is 0. The molecule has 158 valence electrons. The summed E-state index contributed by atoms with van der Waals surface area (Å²) in [4.78, 5) is 2.23. The number of aromatic nitrogens is 5. The Morgan fingerprint density at radius 1 is 1.00 bits per heavy atom. The molecule has 1 unspecified atom stereocenters. The van der Waals surface area contributed by atoms with Crippen molar-refractivity contribution in [3.8, 4) is 11.5 Å². The van der Waals surface area contributed by atoms with Crippen molar-refractivity contribution in [3.05, 3.63) is 36.2 Å². The van der Waals surface area contributed by atoms with Gasteiger partial charge in [-0.2, -0.15) is 0 Å². The zero-order valence-corrected chi connectivity index (χ0v) is 17.5. The van der Waals surface area contributed by atoms with Crippen LogP contribution in [0.5, 0.6) is 0 Å². The number of ether oxygens (including phenoxy) is 2. The van der Waals surface area contributed by atoms with Crippen LogP contribution in [0.2, 0.25) is 0 Å². The summed E-state index contributed by atoms with van der Waals surface area (Å²) < 4.78 is 19.4. The van der Waals surface area contributed by atoms with Crippen molar-refractivity contribution >= 4 is 17.7 Å². The first-order valence-electron chi connectivity index (χ1n) is 10.2. The van der Waals surface area contributed by atoms with E-state index in [-0.39, 0.29) is 6.10 Å². The number of morpholine rings is 1. The van der Waals surface area contributed by atoms with Gasteiger partial charge in [0.05, 0.1) is 31.6 Å². The molecule has 10 heteroatoms. The molecule has 2 aliphatic heterocycles. The summed E-state index contributed by atoms with van der Waals surface area (Å²) in [6.07, 6.45) is 2.37. The number of benzene rings is 1. The highest BCUT2D eigenvalue weighted by atomic mass is 32.2. The number of anilines is 1. The Morgan fingerprint density at radius 3 is 2.67 bits per heavy atom. The van der Waals surface area contributed by atoms with E-state index in [0.29, 0.717) is 30.7 Å². The lowest BCUT2D eigenvalue weighted by Crippen LogP contribution is -2.38. The van der Waals surface area contributed by atoms with Crippen molar-refractivity contribution in [2.45, 2.75) is 36.4 Å². The summed E-state index contributed by atoms with van der Waals surface area (Å²) in [5, 5.41) is 18.1. The van der Waals surface area contributed by atoms with E-state index in [2.05, 4.69) is 29.9 Å².